The highest BCUT2D eigenvalue weighted by Gasteiger charge is 2.17. The zero-order chi connectivity index (χ0) is 20.2. The smallest absolute Gasteiger partial charge is 0.227 e. The Morgan fingerprint density at radius 2 is 2.07 bits per heavy atom. The van der Waals surface area contributed by atoms with Gasteiger partial charge in [0.25, 0.3) is 0 Å². The molecule has 0 radical (unpaired) electrons. The fourth-order valence-electron chi connectivity index (χ4n) is 3.09. The molecule has 0 saturated heterocycles. The van der Waals surface area contributed by atoms with Gasteiger partial charge < -0.3 is 15.0 Å². The van der Waals surface area contributed by atoms with E-state index in [1.807, 2.05) is 6.92 Å². The minimum atomic E-state index is -0.372. The summed E-state index contributed by atoms with van der Waals surface area (Å²) in [5.74, 6) is 0.224. The molecule has 4 rings (SSSR count). The molecule has 2 aromatic carbocycles. The monoisotopic (exact) mass is 390 g/mol. The molecule has 0 aliphatic rings. The molecule has 146 valence electrons. The summed E-state index contributed by atoms with van der Waals surface area (Å²) in [4.78, 5) is 23.8. The number of imidazole rings is 1. The third-order valence-corrected chi connectivity index (χ3v) is 4.59. The summed E-state index contributed by atoms with van der Waals surface area (Å²) in [7, 11) is 0. The topological polar surface area (TPSA) is 79.9 Å². The molecule has 1 amide bonds. The van der Waals surface area contributed by atoms with Gasteiger partial charge in [0.1, 0.15) is 17.3 Å². The molecule has 0 fully saturated rings. The third-order valence-electron chi connectivity index (χ3n) is 4.59. The van der Waals surface area contributed by atoms with Crippen LogP contribution in [0.15, 0.2) is 67.4 Å². The summed E-state index contributed by atoms with van der Waals surface area (Å²) in [6.07, 6.45) is 7.18. The van der Waals surface area contributed by atoms with E-state index in [9.17, 15) is 9.18 Å². The molecular weight excluding hydrogens is 371 g/mol. The molecule has 6 nitrogen and oxygen atoms in total. The van der Waals surface area contributed by atoms with Crippen LogP contribution in [0.3, 0.4) is 0 Å². The van der Waals surface area contributed by atoms with Crippen molar-refractivity contribution in [3.8, 4) is 11.5 Å². The summed E-state index contributed by atoms with van der Waals surface area (Å²) in [6, 6.07) is 11.3. The van der Waals surface area contributed by atoms with E-state index in [2.05, 4.69) is 20.3 Å². The number of anilines is 1. The van der Waals surface area contributed by atoms with E-state index in [1.165, 1.54) is 12.1 Å². The number of benzene rings is 2. The predicted molar refractivity (Wildman–Crippen MR) is 108 cm³/mol. The minimum absolute atomic E-state index is 0.108. The van der Waals surface area contributed by atoms with E-state index in [0.29, 0.717) is 23.6 Å². The van der Waals surface area contributed by atoms with Gasteiger partial charge in [-0.15, -0.1) is 0 Å². The van der Waals surface area contributed by atoms with Crippen LogP contribution >= 0.6 is 0 Å². The number of hydrogen-bond acceptors (Lipinski definition) is 4. The van der Waals surface area contributed by atoms with Crippen molar-refractivity contribution in [1.29, 1.82) is 0 Å². The first-order valence-corrected chi connectivity index (χ1v) is 9.18. The lowest BCUT2D eigenvalue weighted by Gasteiger charge is -2.15. The number of aromatic amines is 1. The minimum Gasteiger partial charge on any atom is -0.457 e. The Morgan fingerprint density at radius 1 is 1.17 bits per heavy atom. The Balaban J connectivity index is 1.58. The van der Waals surface area contributed by atoms with Gasteiger partial charge >= 0.3 is 0 Å². The summed E-state index contributed by atoms with van der Waals surface area (Å²) in [5, 5.41) is 4.47. The van der Waals surface area contributed by atoms with E-state index >= 15 is 0 Å². The number of H-pyrrole nitrogens is 1. The maximum Gasteiger partial charge on any atom is 0.227 e. The summed E-state index contributed by atoms with van der Waals surface area (Å²) in [6.45, 7) is 1.86. The van der Waals surface area contributed by atoms with Crippen molar-refractivity contribution < 1.29 is 13.9 Å². The molecule has 1 atom stereocenters. The number of halogens is 1. The number of ether oxygens (including phenoxy) is 1. The standard InChI is InChI=1S/C22H19FN4O2/c1-14(9-16-11-25-13-26-16)22(28)27-20-5-6-21(18-7-8-24-12-19(18)20)29-17-4-2-3-15(23)10-17/h2-8,10-14H,9H2,1H3,(H,25,26)(H,27,28). The highest BCUT2D eigenvalue weighted by atomic mass is 19.1. The molecule has 0 aliphatic carbocycles. The second-order valence-electron chi connectivity index (χ2n) is 6.76. The van der Waals surface area contributed by atoms with E-state index in [0.717, 1.165) is 16.5 Å². The highest BCUT2D eigenvalue weighted by Crippen LogP contribution is 2.34. The maximum absolute atomic E-state index is 13.5. The molecular formula is C22H19FN4O2. The molecule has 0 saturated carbocycles. The maximum atomic E-state index is 13.5. The van der Waals surface area contributed by atoms with Gasteiger partial charge in [-0.2, -0.15) is 0 Å². The molecule has 7 heteroatoms. The first-order valence-electron chi connectivity index (χ1n) is 9.18. The summed E-state index contributed by atoms with van der Waals surface area (Å²) in [5.41, 5.74) is 1.54. The summed E-state index contributed by atoms with van der Waals surface area (Å²) >= 11 is 0. The lowest BCUT2D eigenvalue weighted by Crippen LogP contribution is -2.22. The zero-order valence-electron chi connectivity index (χ0n) is 15.7. The first kappa shape index (κ1) is 18.6. The Hall–Kier alpha value is -3.74. The molecule has 0 bridgehead atoms. The van der Waals surface area contributed by atoms with Crippen LogP contribution in [0.4, 0.5) is 10.1 Å². The van der Waals surface area contributed by atoms with Gasteiger partial charge in [0.05, 0.1) is 12.0 Å². The van der Waals surface area contributed by atoms with Gasteiger partial charge in [-0.25, -0.2) is 9.37 Å². The Morgan fingerprint density at radius 3 is 2.86 bits per heavy atom. The molecule has 0 spiro atoms. The van der Waals surface area contributed by atoms with Crippen molar-refractivity contribution in [2.45, 2.75) is 13.3 Å². The number of pyridine rings is 1. The van der Waals surface area contributed by atoms with E-state index in [4.69, 9.17) is 4.74 Å². The van der Waals surface area contributed by atoms with Crippen LogP contribution in [0.5, 0.6) is 11.5 Å². The van der Waals surface area contributed by atoms with E-state index < -0.39 is 0 Å². The fourth-order valence-corrected chi connectivity index (χ4v) is 3.09. The number of carbonyl (C=O) groups excluding carboxylic acids is 1. The molecule has 4 aromatic rings. The van der Waals surface area contributed by atoms with E-state index in [1.54, 1.807) is 55.2 Å². The number of carbonyl (C=O) groups is 1. The van der Waals surface area contributed by atoms with Crippen LogP contribution < -0.4 is 10.1 Å². The predicted octanol–water partition coefficient (Wildman–Crippen LogP) is 4.71. The van der Waals surface area contributed by atoms with Crippen LogP contribution in [0.1, 0.15) is 12.6 Å². The molecule has 2 aromatic heterocycles. The Labute approximate surface area is 166 Å². The van der Waals surface area contributed by atoms with Crippen molar-refractivity contribution in [3.05, 3.63) is 78.9 Å². The number of rotatable bonds is 6. The molecule has 29 heavy (non-hydrogen) atoms. The molecule has 2 N–H and O–H groups in total. The van der Waals surface area contributed by atoms with Crippen molar-refractivity contribution in [3.63, 3.8) is 0 Å². The third kappa shape index (κ3) is 4.24. The number of hydrogen-bond donors (Lipinski definition) is 2. The molecule has 2 heterocycles. The number of nitrogens with zero attached hydrogens (tertiary/aromatic N) is 2. The van der Waals surface area contributed by atoms with E-state index in [-0.39, 0.29) is 17.6 Å². The Kier molecular flexibility index (Phi) is 5.20. The van der Waals surface area contributed by atoms with Gasteiger partial charge in [-0.3, -0.25) is 9.78 Å². The van der Waals surface area contributed by atoms with Crippen LogP contribution in [0.2, 0.25) is 0 Å². The van der Waals surface area contributed by atoms with Crippen molar-refractivity contribution in [2.24, 2.45) is 5.92 Å². The lowest BCUT2D eigenvalue weighted by atomic mass is 10.0. The molecule has 0 aliphatic heterocycles. The van der Waals surface area contributed by atoms with Gasteiger partial charge in [-0.05, 0) is 30.3 Å². The summed E-state index contributed by atoms with van der Waals surface area (Å²) < 4.78 is 19.3. The first-order chi connectivity index (χ1) is 14.1. The van der Waals surface area contributed by atoms with Gasteiger partial charge in [0.15, 0.2) is 0 Å². The SMILES string of the molecule is CC(Cc1cnc[nH]1)C(=O)Nc1ccc(Oc2cccc(F)c2)c2ccncc12. The second kappa shape index (κ2) is 8.10. The fraction of sp³-hybridized carbons (Fsp3) is 0.136. The number of nitrogens with one attached hydrogen (secondary N) is 2. The van der Waals surface area contributed by atoms with Crippen LogP contribution in [0.25, 0.3) is 10.8 Å². The number of amides is 1. The normalized spacial score (nSPS) is 11.9. The van der Waals surface area contributed by atoms with Gasteiger partial charge in [-0.1, -0.05) is 13.0 Å². The number of fused-ring (bicyclic) bond motifs is 1. The largest absolute Gasteiger partial charge is 0.457 e. The van der Waals surface area contributed by atoms with Crippen LogP contribution in [-0.4, -0.2) is 20.9 Å². The van der Waals surface area contributed by atoms with Crippen LogP contribution in [-0.2, 0) is 11.2 Å². The average molecular weight is 390 g/mol. The lowest BCUT2D eigenvalue weighted by molar-refractivity contribution is -0.119. The average Bonchev–Trinajstić information content (AvgIpc) is 3.23. The van der Waals surface area contributed by atoms with Crippen molar-refractivity contribution >= 4 is 22.4 Å². The highest BCUT2D eigenvalue weighted by molar-refractivity contribution is 6.04. The quantitative estimate of drug-likeness (QED) is 0.500. The molecule has 1 unspecified atom stereocenters. The zero-order valence-corrected chi connectivity index (χ0v) is 15.7. The van der Waals surface area contributed by atoms with Gasteiger partial charge in [0, 0.05) is 53.5 Å². The second-order valence-corrected chi connectivity index (χ2v) is 6.76. The van der Waals surface area contributed by atoms with Gasteiger partial charge in [0.2, 0.25) is 5.91 Å². The van der Waals surface area contributed by atoms with Crippen LogP contribution in [0, 0.1) is 11.7 Å². The van der Waals surface area contributed by atoms with Crippen molar-refractivity contribution in [2.75, 3.05) is 5.32 Å². The van der Waals surface area contributed by atoms with Crippen molar-refractivity contribution in [1.82, 2.24) is 15.0 Å². The number of aromatic nitrogens is 3. The Bertz CT molecular complexity index is 1140.